The fraction of sp³-hybridized carbons (Fsp3) is 0.643. The fourth-order valence-electron chi connectivity index (χ4n) is 2.90. The molecular weight excluding hydrogens is 260 g/mol. The molecule has 2 amide bonds. The van der Waals surface area contributed by atoms with Gasteiger partial charge in [-0.25, -0.2) is 4.79 Å². The first-order valence-electron chi connectivity index (χ1n) is 7.06. The Morgan fingerprint density at radius 1 is 1.35 bits per heavy atom. The summed E-state index contributed by atoms with van der Waals surface area (Å²) in [5, 5.41) is 0. The summed E-state index contributed by atoms with van der Waals surface area (Å²) in [6.07, 6.45) is 3.42. The number of primary amides is 1. The molecule has 2 aliphatic rings. The van der Waals surface area contributed by atoms with E-state index in [2.05, 4.69) is 0 Å². The monoisotopic (exact) mass is 280 g/mol. The number of carbonyl (C=O) groups excluding carboxylic acids is 3. The van der Waals surface area contributed by atoms with Crippen LogP contribution in [-0.2, 0) is 19.1 Å². The minimum Gasteiger partial charge on any atom is -0.463 e. The molecule has 1 unspecified atom stereocenters. The number of esters is 1. The molecule has 2 N–H and O–H groups in total. The minimum atomic E-state index is -0.764. The zero-order valence-electron chi connectivity index (χ0n) is 11.7. The van der Waals surface area contributed by atoms with Crippen LogP contribution in [0.5, 0.6) is 0 Å². The highest BCUT2D eigenvalue weighted by atomic mass is 16.5. The number of hydrogen-bond acceptors (Lipinski definition) is 4. The summed E-state index contributed by atoms with van der Waals surface area (Å²) in [5.74, 6) is -2.03. The molecule has 2 rings (SSSR count). The number of fused-ring (bicyclic) bond motifs is 1. The van der Waals surface area contributed by atoms with Gasteiger partial charge >= 0.3 is 5.97 Å². The summed E-state index contributed by atoms with van der Waals surface area (Å²) in [6.45, 7) is 2.56. The van der Waals surface area contributed by atoms with Crippen molar-refractivity contribution in [2.24, 2.45) is 11.7 Å². The molecule has 110 valence electrons. The second kappa shape index (κ2) is 6.07. The first-order valence-corrected chi connectivity index (χ1v) is 7.06. The molecule has 0 spiro atoms. The zero-order chi connectivity index (χ0) is 14.7. The van der Waals surface area contributed by atoms with Crippen LogP contribution in [0, 0.1) is 5.92 Å². The fourth-order valence-corrected chi connectivity index (χ4v) is 2.90. The molecule has 1 saturated heterocycles. The summed E-state index contributed by atoms with van der Waals surface area (Å²) < 4.78 is 5.05. The maximum atomic E-state index is 12.4. The molecule has 0 saturated carbocycles. The van der Waals surface area contributed by atoms with Crippen molar-refractivity contribution in [1.82, 2.24) is 4.90 Å². The van der Waals surface area contributed by atoms with E-state index in [-0.39, 0.29) is 18.9 Å². The van der Waals surface area contributed by atoms with Gasteiger partial charge in [0.25, 0.3) is 0 Å². The molecule has 0 radical (unpaired) electrons. The van der Waals surface area contributed by atoms with Gasteiger partial charge in [0.05, 0.1) is 18.1 Å². The van der Waals surface area contributed by atoms with Crippen molar-refractivity contribution in [2.75, 3.05) is 13.2 Å². The Labute approximate surface area is 117 Å². The van der Waals surface area contributed by atoms with Crippen LogP contribution in [0.4, 0.5) is 0 Å². The van der Waals surface area contributed by atoms with Crippen LogP contribution < -0.4 is 5.73 Å². The van der Waals surface area contributed by atoms with E-state index in [9.17, 15) is 14.4 Å². The summed E-state index contributed by atoms with van der Waals surface area (Å²) >= 11 is 0. The molecule has 0 aromatic heterocycles. The second-order valence-corrected chi connectivity index (χ2v) is 5.10. The van der Waals surface area contributed by atoms with Gasteiger partial charge in [-0.3, -0.25) is 9.59 Å². The van der Waals surface area contributed by atoms with E-state index in [4.69, 9.17) is 10.5 Å². The van der Waals surface area contributed by atoms with Crippen LogP contribution in [0.3, 0.4) is 0 Å². The van der Waals surface area contributed by atoms with Crippen LogP contribution in [0.15, 0.2) is 11.3 Å². The van der Waals surface area contributed by atoms with Gasteiger partial charge in [-0.05, 0) is 26.2 Å². The number of allylic oxidation sites excluding steroid dienone is 1. The van der Waals surface area contributed by atoms with Gasteiger partial charge in [0.1, 0.15) is 0 Å². The van der Waals surface area contributed by atoms with Crippen molar-refractivity contribution in [3.8, 4) is 0 Å². The lowest BCUT2D eigenvalue weighted by atomic mass is 9.95. The van der Waals surface area contributed by atoms with Gasteiger partial charge in [0.15, 0.2) is 0 Å². The normalized spacial score (nSPS) is 22.6. The molecular formula is C14H20N2O4. The van der Waals surface area contributed by atoms with E-state index in [0.717, 1.165) is 25.0 Å². The molecule has 1 fully saturated rings. The van der Waals surface area contributed by atoms with E-state index in [0.29, 0.717) is 18.5 Å². The predicted molar refractivity (Wildman–Crippen MR) is 71.1 cm³/mol. The Morgan fingerprint density at radius 3 is 2.75 bits per heavy atom. The Bertz CT molecular complexity index is 470. The third kappa shape index (κ3) is 2.69. The van der Waals surface area contributed by atoms with Crippen LogP contribution in [-0.4, -0.2) is 35.8 Å². The second-order valence-electron chi connectivity index (χ2n) is 5.10. The number of amides is 2. The molecule has 0 aromatic carbocycles. The highest BCUT2D eigenvalue weighted by Gasteiger charge is 2.43. The van der Waals surface area contributed by atoms with Crippen LogP contribution in [0.1, 0.15) is 39.0 Å². The standard InChI is InChI=1S/C14H20N2O4/c1-2-20-14(19)12-9(8-11(15)17)13(18)16-7-5-3-4-6-10(12)16/h9H,2-8H2,1H3,(H2,15,17). The third-order valence-electron chi connectivity index (χ3n) is 3.75. The SMILES string of the molecule is CCOC(=O)C1=C2CCCCCN2C(=O)C1CC(N)=O. The Hall–Kier alpha value is -1.85. The Morgan fingerprint density at radius 2 is 2.10 bits per heavy atom. The molecule has 2 heterocycles. The van der Waals surface area contributed by atoms with Crippen LogP contribution >= 0.6 is 0 Å². The van der Waals surface area contributed by atoms with Crippen molar-refractivity contribution >= 4 is 17.8 Å². The van der Waals surface area contributed by atoms with Crippen LogP contribution in [0.25, 0.3) is 0 Å². The summed E-state index contributed by atoms with van der Waals surface area (Å²) in [5.41, 5.74) is 6.29. The Balaban J connectivity index is 2.38. The Kier molecular flexibility index (Phi) is 4.42. The summed E-state index contributed by atoms with van der Waals surface area (Å²) in [7, 11) is 0. The van der Waals surface area contributed by atoms with Crippen molar-refractivity contribution in [2.45, 2.75) is 39.0 Å². The first kappa shape index (κ1) is 14.6. The molecule has 2 aliphatic heterocycles. The molecule has 0 aromatic rings. The number of nitrogens with zero attached hydrogens (tertiary/aromatic N) is 1. The third-order valence-corrected chi connectivity index (χ3v) is 3.75. The molecule has 0 aliphatic carbocycles. The number of rotatable bonds is 4. The molecule has 6 heteroatoms. The highest BCUT2D eigenvalue weighted by Crippen LogP contribution is 2.37. The van der Waals surface area contributed by atoms with E-state index in [1.807, 2.05) is 0 Å². The van der Waals surface area contributed by atoms with Gasteiger partial charge < -0.3 is 15.4 Å². The largest absolute Gasteiger partial charge is 0.463 e. The maximum absolute atomic E-state index is 12.4. The van der Waals surface area contributed by atoms with Gasteiger partial charge in [-0.1, -0.05) is 6.42 Å². The average molecular weight is 280 g/mol. The van der Waals surface area contributed by atoms with Crippen LogP contribution in [0.2, 0.25) is 0 Å². The van der Waals surface area contributed by atoms with E-state index in [1.54, 1.807) is 11.8 Å². The number of carbonyl (C=O) groups is 3. The molecule has 20 heavy (non-hydrogen) atoms. The van der Waals surface area contributed by atoms with E-state index < -0.39 is 17.8 Å². The van der Waals surface area contributed by atoms with Gasteiger partial charge in [0.2, 0.25) is 11.8 Å². The average Bonchev–Trinajstić information content (AvgIpc) is 2.57. The molecule has 0 bridgehead atoms. The predicted octanol–water partition coefficient (Wildman–Crippen LogP) is 0.711. The lowest BCUT2D eigenvalue weighted by Crippen LogP contribution is -2.31. The number of ether oxygens (including phenoxy) is 1. The molecule has 1 atom stereocenters. The van der Waals surface area contributed by atoms with E-state index >= 15 is 0 Å². The number of hydrogen-bond donors (Lipinski definition) is 1. The van der Waals surface area contributed by atoms with Crippen molar-refractivity contribution in [3.63, 3.8) is 0 Å². The van der Waals surface area contributed by atoms with Gasteiger partial charge in [-0.2, -0.15) is 0 Å². The zero-order valence-corrected chi connectivity index (χ0v) is 11.7. The first-order chi connectivity index (χ1) is 9.56. The van der Waals surface area contributed by atoms with Gasteiger partial charge in [-0.15, -0.1) is 0 Å². The topological polar surface area (TPSA) is 89.7 Å². The lowest BCUT2D eigenvalue weighted by molar-refractivity contribution is -0.141. The lowest BCUT2D eigenvalue weighted by Gasteiger charge is -2.17. The minimum absolute atomic E-state index is 0.132. The highest BCUT2D eigenvalue weighted by molar-refractivity contribution is 6.03. The smallest absolute Gasteiger partial charge is 0.336 e. The summed E-state index contributed by atoms with van der Waals surface area (Å²) in [4.78, 5) is 37.4. The van der Waals surface area contributed by atoms with Crippen molar-refractivity contribution in [1.29, 1.82) is 0 Å². The van der Waals surface area contributed by atoms with E-state index in [1.165, 1.54) is 0 Å². The quantitative estimate of drug-likeness (QED) is 0.768. The van der Waals surface area contributed by atoms with Crippen molar-refractivity contribution < 1.29 is 19.1 Å². The van der Waals surface area contributed by atoms with Gasteiger partial charge in [0, 0.05) is 18.7 Å². The maximum Gasteiger partial charge on any atom is 0.336 e. The number of nitrogens with two attached hydrogens (primary N) is 1. The van der Waals surface area contributed by atoms with Crippen molar-refractivity contribution in [3.05, 3.63) is 11.3 Å². The summed E-state index contributed by atoms with van der Waals surface area (Å²) in [6, 6.07) is 0. The molecule has 6 nitrogen and oxygen atoms in total.